The second kappa shape index (κ2) is 28.9. The molecule has 1 amide bonds. The van der Waals surface area contributed by atoms with E-state index >= 15 is 0 Å². The summed E-state index contributed by atoms with van der Waals surface area (Å²) in [6, 6.07) is 94.5. The van der Waals surface area contributed by atoms with Gasteiger partial charge in [0.1, 0.15) is 28.2 Å². The molecule has 6 heterocycles. The number of nitrogens with two attached hydrogens (primary N) is 1. The van der Waals surface area contributed by atoms with Crippen LogP contribution in [0.2, 0.25) is 10.0 Å². The fourth-order valence-corrected chi connectivity index (χ4v) is 14.3. The van der Waals surface area contributed by atoms with Crippen LogP contribution in [0.15, 0.2) is 314 Å². The molecule has 0 radical (unpaired) electrons. The van der Waals surface area contributed by atoms with Crippen molar-refractivity contribution < 1.29 is 4.79 Å². The molecule has 2 atom stereocenters. The van der Waals surface area contributed by atoms with Crippen LogP contribution >= 0.6 is 58.0 Å². The average molecular weight is 1410 g/mol. The summed E-state index contributed by atoms with van der Waals surface area (Å²) in [4.78, 5) is 31.7. The van der Waals surface area contributed by atoms with Gasteiger partial charge in [-0.2, -0.15) is 10.2 Å². The van der Waals surface area contributed by atoms with Crippen molar-refractivity contribution in [3.8, 4) is 22.5 Å². The normalized spacial score (nSPS) is 13.2. The number of nitrogens with one attached hydrogen (secondary N) is 1. The maximum absolute atomic E-state index is 13.6. The van der Waals surface area contributed by atoms with E-state index in [-0.39, 0.29) is 18.0 Å². The molecule has 3 N–H and O–H groups in total. The summed E-state index contributed by atoms with van der Waals surface area (Å²) in [5, 5.41) is 17.3. The molecular formula is C84H65Cl5N10O. The minimum absolute atomic E-state index is 0.0682. The largest absolute Gasteiger partial charge is 0.344 e. The standard InChI is InChI=1S/C42H32ClN5O.C34H23Cl3N4.C8H10ClN/c1-28(30-12-11-19-35(43)24-30)45-41(49)38-25-31-26-39-36(27-37(31)46-38)40(29-20-22-44-23-21-29)47-48(39)42(32-13-5-2-6-14-32,33-15-7-3-8-16-33)34-17-9-4-10-18-34;35-34(36,37)31-21-24-20-30-28(22-29(24)39-31)32(23-16-18-38-19-17-23)40-41(30)33(25-10-4-1-5-11-25,26-12-6-2-7-13-26)27-14-8-3-9-15-27;1-6(10)7-3-2-4-8(9)5-7/h2-24,26-28H,25H2,1H3,(H,45,49);1-20,22H,21H2;2-6H,10H2,1H3/t28-;;6-/m1.1/s1. The zero-order valence-electron chi connectivity index (χ0n) is 54.4. The van der Waals surface area contributed by atoms with E-state index in [9.17, 15) is 4.79 Å². The van der Waals surface area contributed by atoms with Gasteiger partial charge in [0, 0.05) is 75.6 Å². The van der Waals surface area contributed by atoms with Gasteiger partial charge in [0.2, 0.25) is 3.79 Å². The second-order valence-corrected chi connectivity index (χ2v) is 27.8. The molecule has 2 aliphatic rings. The number of rotatable bonds is 14. The highest BCUT2D eigenvalue weighted by Crippen LogP contribution is 2.49. The summed E-state index contributed by atoms with van der Waals surface area (Å²) in [7, 11) is 0. The average Bonchev–Trinajstić information content (AvgIpc) is 1.48. The third kappa shape index (κ3) is 13.2. The van der Waals surface area contributed by atoms with Crippen LogP contribution in [-0.2, 0) is 28.7 Å². The molecule has 100 heavy (non-hydrogen) atoms. The van der Waals surface area contributed by atoms with Crippen LogP contribution in [0.5, 0.6) is 0 Å². The zero-order valence-corrected chi connectivity index (χ0v) is 58.2. The van der Waals surface area contributed by atoms with Gasteiger partial charge in [-0.3, -0.25) is 19.8 Å². The number of aromatic nitrogens is 6. The number of carbonyl (C=O) groups excluding carboxylic acids is 1. The van der Waals surface area contributed by atoms with E-state index in [1.807, 2.05) is 123 Å². The van der Waals surface area contributed by atoms with Crippen molar-refractivity contribution in [2.45, 2.75) is 53.6 Å². The highest BCUT2D eigenvalue weighted by molar-refractivity contribution is 6.77. The Morgan fingerprint density at radius 3 is 1.16 bits per heavy atom. The van der Waals surface area contributed by atoms with E-state index in [1.54, 1.807) is 24.8 Å². The van der Waals surface area contributed by atoms with Crippen LogP contribution < -0.4 is 11.1 Å². The topological polar surface area (TPSA) is 141 Å². The fraction of sp³-hybridized carbons (Fsp3) is 0.107. The van der Waals surface area contributed by atoms with Gasteiger partial charge in [-0.05, 0) is 142 Å². The lowest BCUT2D eigenvalue weighted by atomic mass is 9.77. The molecule has 14 aromatic rings. The number of hydrogen-bond acceptors (Lipinski definition) is 8. The molecule has 0 aliphatic carbocycles. The van der Waals surface area contributed by atoms with Gasteiger partial charge in [0.15, 0.2) is 0 Å². The van der Waals surface area contributed by atoms with Crippen molar-refractivity contribution in [3.63, 3.8) is 0 Å². The summed E-state index contributed by atoms with van der Waals surface area (Å²) in [5.41, 5.74) is 22.4. The van der Waals surface area contributed by atoms with Gasteiger partial charge in [-0.15, -0.1) is 0 Å². The Hall–Kier alpha value is -10.3. The third-order valence-corrected chi connectivity index (χ3v) is 19.5. The molecule has 0 saturated carbocycles. The maximum Gasteiger partial charge on any atom is 0.266 e. The first kappa shape index (κ1) is 66.9. The first-order valence-electron chi connectivity index (χ1n) is 32.7. The molecule has 0 fully saturated rings. The number of nitrogens with zero attached hydrogens (tertiary/aromatic N) is 8. The van der Waals surface area contributed by atoms with Crippen molar-refractivity contribution in [1.82, 2.24) is 34.8 Å². The van der Waals surface area contributed by atoms with Crippen LogP contribution in [0.25, 0.3) is 44.3 Å². The molecule has 0 unspecified atom stereocenters. The summed E-state index contributed by atoms with van der Waals surface area (Å²) in [6.45, 7) is 3.89. The van der Waals surface area contributed by atoms with E-state index in [4.69, 9.17) is 83.9 Å². The predicted molar refractivity (Wildman–Crippen MR) is 409 cm³/mol. The number of fused-ring (bicyclic) bond motifs is 4. The Kier molecular flexibility index (Phi) is 19.3. The smallest absolute Gasteiger partial charge is 0.266 e. The minimum atomic E-state index is -1.58. The molecule has 11 nitrogen and oxygen atoms in total. The summed E-state index contributed by atoms with van der Waals surface area (Å²) in [5.74, 6) is -0.198. The number of pyridine rings is 2. The SMILES string of the molecule is C[C@@H](N)c1cccc(Cl)c1.C[C@@H](NC(=O)C1=Nc2cc3c(-c4ccncc4)nn(C(c4ccccc4)(c4ccccc4)c4ccccc4)c3cc2C1)c1cccc(Cl)c1.ClC(Cl)(Cl)C1=Nc2cc3c(-c4ccncc4)nn(C(c4ccccc4)(c4ccccc4)c4ccccc4)c3cc2C1. The highest BCUT2D eigenvalue weighted by atomic mass is 35.6. The van der Waals surface area contributed by atoms with E-state index in [2.05, 4.69) is 195 Å². The van der Waals surface area contributed by atoms with Crippen LogP contribution in [0.3, 0.4) is 0 Å². The Morgan fingerprint density at radius 1 is 0.440 bits per heavy atom. The quantitative estimate of drug-likeness (QED) is 0.0820. The summed E-state index contributed by atoms with van der Waals surface area (Å²) in [6.07, 6.45) is 8.00. The van der Waals surface area contributed by atoms with E-state index < -0.39 is 14.9 Å². The van der Waals surface area contributed by atoms with Gasteiger partial charge < -0.3 is 11.1 Å². The Bertz CT molecular complexity index is 5100. The molecular weight excluding hydrogens is 1340 g/mol. The summed E-state index contributed by atoms with van der Waals surface area (Å²) >= 11 is 30.8. The van der Waals surface area contributed by atoms with Gasteiger partial charge in [0.05, 0.1) is 34.2 Å². The zero-order chi connectivity index (χ0) is 69.0. The Morgan fingerprint density at radius 2 is 0.800 bits per heavy atom. The highest BCUT2D eigenvalue weighted by Gasteiger charge is 2.44. The predicted octanol–water partition coefficient (Wildman–Crippen LogP) is 20.4. The number of halogens is 5. The fourth-order valence-electron chi connectivity index (χ4n) is 13.6. The molecule has 4 aromatic heterocycles. The lowest BCUT2D eigenvalue weighted by Crippen LogP contribution is -2.38. The van der Waals surface area contributed by atoms with Crippen molar-refractivity contribution in [1.29, 1.82) is 0 Å². The number of benzene rings is 10. The van der Waals surface area contributed by atoms with Crippen molar-refractivity contribution in [2.24, 2.45) is 15.7 Å². The van der Waals surface area contributed by atoms with Crippen LogP contribution in [-0.4, -0.2) is 50.7 Å². The first-order valence-corrected chi connectivity index (χ1v) is 34.6. The number of hydrogen-bond donors (Lipinski definition) is 2. The number of aliphatic imine (C=N–C) groups is 2. The number of amides is 1. The van der Waals surface area contributed by atoms with Crippen LogP contribution in [0.4, 0.5) is 11.4 Å². The third-order valence-electron chi connectivity index (χ3n) is 18.3. The monoisotopic (exact) mass is 1400 g/mol. The van der Waals surface area contributed by atoms with E-state index in [0.29, 0.717) is 29.3 Å². The molecule has 0 spiro atoms. The number of alkyl halides is 3. The molecule has 16 heteroatoms. The Balaban J connectivity index is 0.000000151. The van der Waals surface area contributed by atoms with Gasteiger partial charge in [-0.25, -0.2) is 14.4 Å². The second-order valence-electron chi connectivity index (χ2n) is 24.7. The molecule has 10 aromatic carbocycles. The van der Waals surface area contributed by atoms with Gasteiger partial charge in [0.25, 0.3) is 5.91 Å². The molecule has 0 saturated heterocycles. The molecule has 2 aliphatic heterocycles. The Labute approximate surface area is 605 Å². The number of carbonyl (C=O) groups is 1. The molecule has 16 rings (SSSR count). The lowest BCUT2D eigenvalue weighted by Gasteiger charge is -2.37. The van der Waals surface area contributed by atoms with Gasteiger partial charge >= 0.3 is 0 Å². The van der Waals surface area contributed by atoms with Gasteiger partial charge in [-0.1, -0.05) is 264 Å². The van der Waals surface area contributed by atoms with E-state index in [0.717, 1.165) is 116 Å². The molecule has 492 valence electrons. The minimum Gasteiger partial charge on any atom is -0.344 e. The van der Waals surface area contributed by atoms with E-state index in [1.165, 1.54) is 0 Å². The summed E-state index contributed by atoms with van der Waals surface area (Å²) < 4.78 is 2.75. The van der Waals surface area contributed by atoms with Crippen LogP contribution in [0.1, 0.15) is 81.6 Å². The first-order chi connectivity index (χ1) is 48.7. The van der Waals surface area contributed by atoms with Crippen molar-refractivity contribution >= 4 is 109 Å². The van der Waals surface area contributed by atoms with Crippen molar-refractivity contribution in [3.05, 3.63) is 370 Å². The van der Waals surface area contributed by atoms with Crippen molar-refractivity contribution in [2.75, 3.05) is 0 Å². The molecule has 0 bridgehead atoms. The maximum atomic E-state index is 13.6. The van der Waals surface area contributed by atoms with Crippen LogP contribution in [0, 0.1) is 0 Å². The lowest BCUT2D eigenvalue weighted by molar-refractivity contribution is -0.115.